The van der Waals surface area contributed by atoms with E-state index >= 15 is 0 Å². The number of ether oxygens (including phenoxy) is 1. The summed E-state index contributed by atoms with van der Waals surface area (Å²) in [6.45, 7) is 2.34. The summed E-state index contributed by atoms with van der Waals surface area (Å²) in [5.41, 5.74) is 3.08. The quantitative estimate of drug-likeness (QED) is 0.443. The van der Waals surface area contributed by atoms with Crippen LogP contribution < -0.4 is 4.74 Å². The second-order valence-electron chi connectivity index (χ2n) is 6.55. The molecule has 4 rings (SSSR count). The summed E-state index contributed by atoms with van der Waals surface area (Å²) in [5, 5.41) is 22.2. The van der Waals surface area contributed by atoms with Crippen molar-refractivity contribution in [2.75, 3.05) is 6.61 Å². The molecule has 0 aliphatic carbocycles. The van der Waals surface area contributed by atoms with Crippen LogP contribution in [-0.2, 0) is 6.54 Å². The molecule has 0 aromatic carbocycles. The summed E-state index contributed by atoms with van der Waals surface area (Å²) in [7, 11) is 0. The highest BCUT2D eigenvalue weighted by Crippen LogP contribution is 2.32. The Hall–Kier alpha value is -2.94. The van der Waals surface area contributed by atoms with E-state index in [9.17, 15) is 0 Å². The van der Waals surface area contributed by atoms with Crippen LogP contribution in [0.1, 0.15) is 29.8 Å². The molecule has 0 saturated heterocycles. The Morgan fingerprint density at radius 2 is 2.00 bits per heavy atom. The minimum atomic E-state index is -0.416. The van der Waals surface area contributed by atoms with Crippen molar-refractivity contribution < 1.29 is 9.84 Å². The van der Waals surface area contributed by atoms with Crippen LogP contribution in [0.15, 0.2) is 37.1 Å². The summed E-state index contributed by atoms with van der Waals surface area (Å²) in [5.74, 6) is 0.422. The van der Waals surface area contributed by atoms with Crippen molar-refractivity contribution in [2.24, 2.45) is 0 Å². The zero-order chi connectivity index (χ0) is 21.1. The zero-order valence-corrected chi connectivity index (χ0v) is 17.5. The predicted molar refractivity (Wildman–Crippen MR) is 115 cm³/mol. The third kappa shape index (κ3) is 4.30. The van der Waals surface area contributed by atoms with Crippen LogP contribution in [0.4, 0.5) is 0 Å². The summed E-state index contributed by atoms with van der Waals surface area (Å²) in [4.78, 5) is 8.29. The van der Waals surface area contributed by atoms with Gasteiger partial charge in [0.05, 0.1) is 46.8 Å². The molecule has 1 unspecified atom stereocenters. The molecule has 0 fully saturated rings. The van der Waals surface area contributed by atoms with Gasteiger partial charge in [-0.15, -0.1) is 0 Å². The Morgan fingerprint density at radius 3 is 2.77 bits per heavy atom. The van der Waals surface area contributed by atoms with E-state index in [0.29, 0.717) is 28.0 Å². The fourth-order valence-corrected chi connectivity index (χ4v) is 3.70. The summed E-state index contributed by atoms with van der Waals surface area (Å²) >= 11 is 12.4. The number of pyridine rings is 2. The van der Waals surface area contributed by atoms with E-state index in [1.54, 1.807) is 17.1 Å². The molecule has 30 heavy (non-hydrogen) atoms. The van der Waals surface area contributed by atoms with Crippen LogP contribution in [0.5, 0.6) is 5.88 Å². The molecule has 0 saturated carbocycles. The van der Waals surface area contributed by atoms with Gasteiger partial charge in [0.1, 0.15) is 6.10 Å². The van der Waals surface area contributed by atoms with Crippen LogP contribution in [0, 0.1) is 0 Å². The molecule has 0 aliphatic rings. The largest absolute Gasteiger partial charge is 0.470 e. The summed E-state index contributed by atoms with van der Waals surface area (Å²) < 4.78 is 7.65. The highest BCUT2D eigenvalue weighted by Gasteiger charge is 2.17. The van der Waals surface area contributed by atoms with Gasteiger partial charge >= 0.3 is 0 Å². The molecule has 154 valence electrons. The SMILES string of the molecule is CC(Oc1cc2c(/C=C/c3cnn(CCO)c3)n[nH]c2cn1)c1c(Cl)cncc1Cl. The van der Waals surface area contributed by atoms with Gasteiger partial charge in [-0.1, -0.05) is 23.2 Å². The molecular formula is C20H18Cl2N6O2. The smallest absolute Gasteiger partial charge is 0.214 e. The van der Waals surface area contributed by atoms with Gasteiger partial charge < -0.3 is 9.84 Å². The molecule has 10 heteroatoms. The molecule has 1 atom stereocenters. The molecule has 8 nitrogen and oxygen atoms in total. The molecule has 4 aromatic rings. The molecule has 4 aromatic heterocycles. The first-order valence-electron chi connectivity index (χ1n) is 9.16. The van der Waals surface area contributed by atoms with Gasteiger partial charge in [0.15, 0.2) is 0 Å². The first-order valence-corrected chi connectivity index (χ1v) is 9.92. The number of aromatic amines is 1. The molecule has 0 bridgehead atoms. The minimum absolute atomic E-state index is 0.0406. The number of hydrogen-bond acceptors (Lipinski definition) is 6. The van der Waals surface area contributed by atoms with Crippen LogP contribution in [-0.4, -0.2) is 41.7 Å². The summed E-state index contributed by atoms with van der Waals surface area (Å²) in [6.07, 6.45) is 11.7. The number of H-pyrrole nitrogens is 1. The van der Waals surface area contributed by atoms with Crippen LogP contribution in [0.3, 0.4) is 0 Å². The lowest BCUT2D eigenvalue weighted by atomic mass is 10.1. The monoisotopic (exact) mass is 444 g/mol. The van der Waals surface area contributed by atoms with E-state index in [-0.39, 0.29) is 6.61 Å². The van der Waals surface area contributed by atoms with Gasteiger partial charge in [-0.05, 0) is 19.1 Å². The number of aromatic nitrogens is 6. The Morgan fingerprint density at radius 1 is 1.20 bits per heavy atom. The summed E-state index contributed by atoms with van der Waals surface area (Å²) in [6, 6.07) is 1.81. The van der Waals surface area contributed by atoms with Crippen molar-refractivity contribution in [3.63, 3.8) is 0 Å². The fourth-order valence-electron chi connectivity index (χ4n) is 3.02. The Labute approximate surface area is 182 Å². The Kier molecular flexibility index (Phi) is 5.98. The number of rotatable bonds is 7. The average Bonchev–Trinajstić information content (AvgIpc) is 3.33. The average molecular weight is 445 g/mol. The maximum Gasteiger partial charge on any atom is 0.214 e. The van der Waals surface area contributed by atoms with Crippen molar-refractivity contribution in [1.82, 2.24) is 29.9 Å². The maximum atomic E-state index is 8.99. The predicted octanol–water partition coefficient (Wildman–Crippen LogP) is 4.16. The number of aliphatic hydroxyl groups is 1. The van der Waals surface area contributed by atoms with Crippen molar-refractivity contribution in [3.8, 4) is 5.88 Å². The highest BCUT2D eigenvalue weighted by molar-refractivity contribution is 6.35. The zero-order valence-electron chi connectivity index (χ0n) is 16.0. The van der Waals surface area contributed by atoms with E-state index < -0.39 is 6.10 Å². The lowest BCUT2D eigenvalue weighted by molar-refractivity contribution is 0.218. The van der Waals surface area contributed by atoms with Gasteiger partial charge in [0.2, 0.25) is 5.88 Å². The second kappa shape index (κ2) is 8.83. The third-order valence-corrected chi connectivity index (χ3v) is 5.06. The Balaban J connectivity index is 1.57. The molecule has 0 aliphatic heterocycles. The van der Waals surface area contributed by atoms with E-state index in [0.717, 1.165) is 22.2 Å². The Bertz CT molecular complexity index is 1180. The lowest BCUT2D eigenvalue weighted by Gasteiger charge is -2.16. The van der Waals surface area contributed by atoms with Crippen LogP contribution in [0.25, 0.3) is 23.1 Å². The van der Waals surface area contributed by atoms with Crippen molar-refractivity contribution in [2.45, 2.75) is 19.6 Å². The van der Waals surface area contributed by atoms with Crippen LogP contribution >= 0.6 is 23.2 Å². The number of nitrogens with zero attached hydrogens (tertiary/aromatic N) is 5. The number of halogens is 2. The van der Waals surface area contributed by atoms with E-state index in [2.05, 4.69) is 25.3 Å². The van der Waals surface area contributed by atoms with Crippen molar-refractivity contribution in [1.29, 1.82) is 0 Å². The van der Waals surface area contributed by atoms with Gasteiger partial charge in [-0.25, -0.2) is 4.98 Å². The normalized spacial score (nSPS) is 12.7. The highest BCUT2D eigenvalue weighted by atomic mass is 35.5. The molecule has 2 N–H and O–H groups in total. The van der Waals surface area contributed by atoms with Gasteiger partial charge in [0.25, 0.3) is 0 Å². The molecule has 4 heterocycles. The number of hydrogen-bond donors (Lipinski definition) is 2. The van der Waals surface area contributed by atoms with Crippen molar-refractivity contribution in [3.05, 3.63) is 63.9 Å². The first-order chi connectivity index (χ1) is 14.5. The standard InChI is InChI=1S/C20H18Cl2N6O2/c1-12(20-15(21)8-23-9-16(20)22)30-19-6-14-17(26-27-18(14)10-24-19)3-2-13-7-25-28(11-13)4-5-29/h2-3,6-12,29H,4-5H2,1H3,(H,26,27)/b3-2+. The maximum absolute atomic E-state index is 8.99. The van der Waals surface area contributed by atoms with Gasteiger partial charge in [-0.2, -0.15) is 10.2 Å². The van der Waals surface area contributed by atoms with E-state index in [1.165, 1.54) is 12.4 Å². The number of aliphatic hydroxyl groups excluding tert-OH is 1. The second-order valence-corrected chi connectivity index (χ2v) is 7.36. The van der Waals surface area contributed by atoms with E-state index in [4.69, 9.17) is 33.0 Å². The molecule has 0 spiro atoms. The molecule has 0 amide bonds. The van der Waals surface area contributed by atoms with Gasteiger partial charge in [-0.3, -0.25) is 14.8 Å². The van der Waals surface area contributed by atoms with Crippen LogP contribution in [0.2, 0.25) is 10.0 Å². The topological polar surface area (TPSA) is 102 Å². The third-order valence-electron chi connectivity index (χ3n) is 4.46. The van der Waals surface area contributed by atoms with Crippen molar-refractivity contribution >= 4 is 46.3 Å². The van der Waals surface area contributed by atoms with Gasteiger partial charge in [0, 0.05) is 41.2 Å². The van der Waals surface area contributed by atoms with E-state index in [1.807, 2.05) is 31.3 Å². The molecular weight excluding hydrogens is 427 g/mol. The number of nitrogens with one attached hydrogen (secondary N) is 1. The fraction of sp³-hybridized carbons (Fsp3) is 0.200. The lowest BCUT2D eigenvalue weighted by Crippen LogP contribution is -2.06. The first kappa shape index (κ1) is 20.3. The minimum Gasteiger partial charge on any atom is -0.470 e. The number of fused-ring (bicyclic) bond motifs is 1. The molecule has 0 radical (unpaired) electrons.